The van der Waals surface area contributed by atoms with E-state index in [2.05, 4.69) is 47.3 Å². The number of primary amides is 1. The lowest BCUT2D eigenvalue weighted by molar-refractivity contribution is -0.139. The Balaban J connectivity index is 0.780. The molecule has 322 valence electrons. The van der Waals surface area contributed by atoms with Gasteiger partial charge in [-0.1, -0.05) is 6.07 Å². The molecule has 0 spiro atoms. The molecule has 0 radical (unpaired) electrons. The smallest absolute Gasteiger partial charge is 0.320 e. The molecule has 6 amide bonds. The number of fused-ring (bicyclic) bond motifs is 1. The Kier molecular flexibility index (Phi) is 11.1. The van der Waals surface area contributed by atoms with Gasteiger partial charge in [0.15, 0.2) is 17.7 Å². The van der Waals surface area contributed by atoms with Gasteiger partial charge in [-0.15, -0.1) is 0 Å². The van der Waals surface area contributed by atoms with Crippen molar-refractivity contribution in [3.63, 3.8) is 0 Å². The van der Waals surface area contributed by atoms with Gasteiger partial charge in [-0.25, -0.2) is 14.8 Å². The molecular formula is C43H54N12O6. The van der Waals surface area contributed by atoms with Crippen LogP contribution >= 0.6 is 0 Å². The zero-order chi connectivity index (χ0) is 42.4. The number of nitrogens with one attached hydrogen (secondary N) is 2. The van der Waals surface area contributed by atoms with E-state index in [9.17, 15) is 29.1 Å². The third-order valence-corrected chi connectivity index (χ3v) is 13.3. The number of hydrogen-bond acceptors (Lipinski definition) is 13. The second kappa shape index (κ2) is 16.8. The van der Waals surface area contributed by atoms with Gasteiger partial charge in [0.2, 0.25) is 11.8 Å². The molecule has 0 bridgehead atoms. The number of nitrogens with two attached hydrogens (primary N) is 1. The number of likely N-dealkylation sites (N-methyl/N-ethyl adjacent to an activating group) is 1. The quantitative estimate of drug-likeness (QED) is 0.216. The van der Waals surface area contributed by atoms with E-state index in [1.54, 1.807) is 17.2 Å². The van der Waals surface area contributed by atoms with E-state index >= 15 is 0 Å². The van der Waals surface area contributed by atoms with Crippen molar-refractivity contribution in [3.05, 3.63) is 65.5 Å². The molecule has 6 aliphatic rings. The highest BCUT2D eigenvalue weighted by Gasteiger charge is 2.45. The average Bonchev–Trinajstić information content (AvgIpc) is 3.73. The lowest BCUT2D eigenvalue weighted by Gasteiger charge is -2.40. The number of amides is 6. The van der Waals surface area contributed by atoms with Gasteiger partial charge >= 0.3 is 6.03 Å². The summed E-state index contributed by atoms with van der Waals surface area (Å²) in [5.74, 6) is -0.581. The Morgan fingerprint density at radius 2 is 1.62 bits per heavy atom. The molecule has 1 aromatic heterocycles. The first-order valence-corrected chi connectivity index (χ1v) is 21.5. The predicted molar refractivity (Wildman–Crippen MR) is 228 cm³/mol. The number of piperidine rings is 3. The number of benzene rings is 2. The summed E-state index contributed by atoms with van der Waals surface area (Å²) in [5.41, 5.74) is 9.48. The summed E-state index contributed by atoms with van der Waals surface area (Å²) in [7, 11) is 1.83. The minimum absolute atomic E-state index is 0.0583. The van der Waals surface area contributed by atoms with E-state index in [0.29, 0.717) is 41.8 Å². The lowest BCUT2D eigenvalue weighted by atomic mass is 9.96. The Labute approximate surface area is 354 Å². The second-order valence-corrected chi connectivity index (χ2v) is 17.2. The maximum atomic E-state index is 13.5. The number of carbonyl (C=O) groups is 5. The fraction of sp³-hybridized carbons (Fsp3) is 0.512. The van der Waals surface area contributed by atoms with Crippen LogP contribution in [0.15, 0.2) is 48.7 Å². The zero-order valence-corrected chi connectivity index (χ0v) is 34.5. The van der Waals surface area contributed by atoms with Crippen LogP contribution in [-0.2, 0) is 9.59 Å². The number of aromatic nitrogens is 2. The molecular weight excluding hydrogens is 781 g/mol. The number of aliphatic hydroxyl groups is 1. The summed E-state index contributed by atoms with van der Waals surface area (Å²) in [5, 5.41) is 16.6. The Morgan fingerprint density at radius 1 is 0.869 bits per heavy atom. The van der Waals surface area contributed by atoms with Gasteiger partial charge in [-0.05, 0) is 74.4 Å². The van der Waals surface area contributed by atoms with E-state index in [1.165, 1.54) is 4.90 Å². The highest BCUT2D eigenvalue weighted by Crippen LogP contribution is 2.38. The van der Waals surface area contributed by atoms with Crippen LogP contribution < -0.4 is 31.1 Å². The molecule has 18 heteroatoms. The minimum Gasteiger partial charge on any atom is -0.371 e. The maximum Gasteiger partial charge on any atom is 0.320 e. The average molecular weight is 835 g/mol. The van der Waals surface area contributed by atoms with Crippen molar-refractivity contribution in [2.24, 2.45) is 11.7 Å². The van der Waals surface area contributed by atoms with Crippen LogP contribution in [0.25, 0.3) is 0 Å². The minimum atomic E-state index is -1.23. The van der Waals surface area contributed by atoms with Crippen LogP contribution in [0.2, 0.25) is 0 Å². The highest BCUT2D eigenvalue weighted by molar-refractivity contribution is 6.06. The second-order valence-electron chi connectivity index (χ2n) is 17.2. The molecule has 9 rings (SSSR count). The van der Waals surface area contributed by atoms with Crippen molar-refractivity contribution in [3.8, 4) is 0 Å². The molecule has 3 aromatic rings. The van der Waals surface area contributed by atoms with Crippen LogP contribution in [0.4, 0.5) is 33.5 Å². The van der Waals surface area contributed by atoms with Crippen molar-refractivity contribution < 1.29 is 29.1 Å². The molecule has 7 heterocycles. The molecule has 2 aromatic carbocycles. The predicted octanol–water partition coefficient (Wildman–Crippen LogP) is 1.95. The van der Waals surface area contributed by atoms with Crippen LogP contribution in [0.1, 0.15) is 71.2 Å². The number of nitrogens with zero attached hydrogens (tertiary/aromatic N) is 9. The summed E-state index contributed by atoms with van der Waals surface area (Å²) in [6.07, 6.45) is 4.69. The Morgan fingerprint density at radius 3 is 2.36 bits per heavy atom. The number of piperazine rings is 1. The molecule has 4 atom stereocenters. The third-order valence-electron chi connectivity index (χ3n) is 13.3. The van der Waals surface area contributed by atoms with Crippen LogP contribution in [0, 0.1) is 5.92 Å². The lowest BCUT2D eigenvalue weighted by Crippen LogP contribution is -2.53. The number of hydrogen-bond donors (Lipinski definition) is 4. The summed E-state index contributed by atoms with van der Waals surface area (Å²) < 4.78 is 0. The molecule has 0 aliphatic carbocycles. The fourth-order valence-corrected chi connectivity index (χ4v) is 9.93. The number of urea groups is 1. The van der Waals surface area contributed by atoms with E-state index in [-0.39, 0.29) is 42.4 Å². The molecule has 18 nitrogen and oxygen atoms in total. The van der Waals surface area contributed by atoms with Crippen LogP contribution in [-0.4, -0.2) is 155 Å². The van der Waals surface area contributed by atoms with Crippen molar-refractivity contribution in [2.45, 2.75) is 56.8 Å². The standard InChI is InChI=1S/C43H54N12O6/c1-49-16-21-54(43(49)61)31-5-3-15-53(26-31)35-23-45-37(38(44)57)39(47-35)46-28-6-8-29(9-7-28)51-19-17-50(18-20-51)24-27-4-2-14-52(25-27)30-10-11-32-33(22-30)42(60)55(41(32)59)34-12-13-36(56)48-40(34)58/h6-11,22-23,27,31,34,41,59H,2-5,12-21,24-26H2,1H3,(H2,44,57)(H,46,47)(H,48,56,58)/t27-,31-,34?,41?/m1/s1. The van der Waals surface area contributed by atoms with Gasteiger partial charge in [-0.2, -0.15) is 0 Å². The number of imide groups is 1. The van der Waals surface area contributed by atoms with Crippen molar-refractivity contribution in [2.75, 3.05) is 99.1 Å². The summed E-state index contributed by atoms with van der Waals surface area (Å²) in [6.45, 7) is 9.22. The normalized spacial score (nSPS) is 25.0. The number of aliphatic hydroxyl groups excluding tert-OH is 1. The van der Waals surface area contributed by atoms with E-state index < -0.39 is 24.1 Å². The zero-order valence-electron chi connectivity index (χ0n) is 34.5. The molecule has 6 aliphatic heterocycles. The monoisotopic (exact) mass is 834 g/mol. The van der Waals surface area contributed by atoms with Gasteiger partial charge in [0, 0.05) is 114 Å². The van der Waals surface area contributed by atoms with Gasteiger partial charge in [0.05, 0.1) is 12.2 Å². The molecule has 0 saturated carbocycles. The fourth-order valence-electron chi connectivity index (χ4n) is 9.93. The van der Waals surface area contributed by atoms with Gasteiger partial charge in [0.25, 0.3) is 11.8 Å². The molecule has 5 fully saturated rings. The van der Waals surface area contributed by atoms with Gasteiger partial charge in [0.1, 0.15) is 11.9 Å². The summed E-state index contributed by atoms with van der Waals surface area (Å²) >= 11 is 0. The Hall–Kier alpha value is -6.01. The summed E-state index contributed by atoms with van der Waals surface area (Å²) in [6, 6.07) is 12.9. The first-order chi connectivity index (χ1) is 29.5. The molecule has 2 unspecified atom stereocenters. The number of rotatable bonds is 10. The highest BCUT2D eigenvalue weighted by atomic mass is 16.3. The van der Waals surface area contributed by atoms with Gasteiger partial charge in [-0.3, -0.25) is 34.3 Å². The molecule has 61 heavy (non-hydrogen) atoms. The first kappa shape index (κ1) is 40.4. The van der Waals surface area contributed by atoms with Crippen molar-refractivity contribution in [1.82, 2.24) is 34.9 Å². The van der Waals surface area contributed by atoms with Gasteiger partial charge < -0.3 is 40.7 Å². The van der Waals surface area contributed by atoms with Crippen LogP contribution in [0.5, 0.6) is 0 Å². The Bertz CT molecular complexity index is 2200. The summed E-state index contributed by atoms with van der Waals surface area (Å²) in [4.78, 5) is 86.3. The molecule has 5 saturated heterocycles. The number of anilines is 5. The van der Waals surface area contributed by atoms with Crippen molar-refractivity contribution >= 4 is 58.4 Å². The van der Waals surface area contributed by atoms with E-state index in [4.69, 9.17) is 10.7 Å². The third kappa shape index (κ3) is 8.13. The maximum absolute atomic E-state index is 13.5. The molecule has 5 N–H and O–H groups in total. The topological polar surface area (TPSA) is 204 Å². The van der Waals surface area contributed by atoms with Crippen molar-refractivity contribution in [1.29, 1.82) is 0 Å². The number of carbonyl (C=O) groups excluding carboxylic acids is 5. The largest absolute Gasteiger partial charge is 0.371 e. The SMILES string of the molecule is CN1CCN([C@@H]2CCCN(c3cnc(C(N)=O)c(Nc4ccc(N5CCN(C[C@H]6CCCN(c7ccc8c(c7)C(=O)N(C7CCC(=O)NC7=O)C8O)C6)CC5)cc4)n3)C2)C1=O. The van der Waals surface area contributed by atoms with E-state index in [1.807, 2.05) is 36.2 Å². The van der Waals surface area contributed by atoms with E-state index in [0.717, 1.165) is 102 Å². The first-order valence-electron chi connectivity index (χ1n) is 21.5. The van der Waals surface area contributed by atoms with Crippen LogP contribution in [0.3, 0.4) is 0 Å².